The molecule has 0 amide bonds. The topological polar surface area (TPSA) is 48.1 Å². The molecule has 3 nitrogen and oxygen atoms in total. The van der Waals surface area contributed by atoms with E-state index in [0.29, 0.717) is 5.88 Å². The first kappa shape index (κ1) is 9.52. The van der Waals surface area contributed by atoms with Crippen LogP contribution >= 0.6 is 0 Å². The number of nitrogens with zero attached hydrogens (tertiary/aromatic N) is 1. The highest BCUT2D eigenvalue weighted by molar-refractivity contribution is 5.50. The highest BCUT2D eigenvalue weighted by atomic mass is 16.5. The minimum absolute atomic E-state index is 0.585. The zero-order valence-corrected chi connectivity index (χ0v) is 8.47. The van der Waals surface area contributed by atoms with Gasteiger partial charge < -0.3 is 10.5 Å². The van der Waals surface area contributed by atoms with Gasteiger partial charge in [0.25, 0.3) is 0 Å². The molecule has 0 bridgehead atoms. The molecule has 0 aliphatic carbocycles. The van der Waals surface area contributed by atoms with Crippen LogP contribution in [-0.2, 0) is 0 Å². The molecule has 0 saturated carbocycles. The van der Waals surface area contributed by atoms with E-state index in [0.717, 1.165) is 17.0 Å². The van der Waals surface area contributed by atoms with Crippen LogP contribution in [0.1, 0.15) is 5.56 Å². The van der Waals surface area contributed by atoms with Gasteiger partial charge in [-0.25, -0.2) is 4.98 Å². The molecule has 0 saturated heterocycles. The molecule has 0 fully saturated rings. The van der Waals surface area contributed by atoms with Gasteiger partial charge in [-0.1, -0.05) is 6.07 Å². The molecule has 15 heavy (non-hydrogen) atoms. The fraction of sp³-hybridized carbons (Fsp3) is 0.0833. The maximum absolute atomic E-state index is 5.71. The van der Waals surface area contributed by atoms with Crippen molar-refractivity contribution in [2.45, 2.75) is 6.92 Å². The average molecular weight is 200 g/mol. The van der Waals surface area contributed by atoms with E-state index in [2.05, 4.69) is 4.98 Å². The summed E-state index contributed by atoms with van der Waals surface area (Å²) >= 11 is 0. The van der Waals surface area contributed by atoms with Crippen LogP contribution in [0.25, 0.3) is 0 Å². The summed E-state index contributed by atoms with van der Waals surface area (Å²) < 4.78 is 5.55. The Kier molecular flexibility index (Phi) is 2.54. The molecular weight excluding hydrogens is 188 g/mol. The number of aromatic nitrogens is 1. The number of hydrogen-bond donors (Lipinski definition) is 1. The largest absolute Gasteiger partial charge is 0.439 e. The Morgan fingerprint density at radius 1 is 1.20 bits per heavy atom. The summed E-state index contributed by atoms with van der Waals surface area (Å²) in [5, 5.41) is 0. The van der Waals surface area contributed by atoms with E-state index in [9.17, 15) is 0 Å². The van der Waals surface area contributed by atoms with Crippen molar-refractivity contribution in [1.82, 2.24) is 4.98 Å². The van der Waals surface area contributed by atoms with Gasteiger partial charge in [0.15, 0.2) is 0 Å². The predicted octanol–water partition coefficient (Wildman–Crippen LogP) is 2.76. The number of benzene rings is 1. The Morgan fingerprint density at radius 3 is 2.73 bits per heavy atom. The molecule has 2 aromatic rings. The van der Waals surface area contributed by atoms with E-state index in [4.69, 9.17) is 10.5 Å². The van der Waals surface area contributed by atoms with E-state index in [1.54, 1.807) is 6.20 Å². The van der Waals surface area contributed by atoms with Crippen molar-refractivity contribution in [3.8, 4) is 11.6 Å². The summed E-state index contributed by atoms with van der Waals surface area (Å²) in [5.74, 6) is 1.34. The molecule has 2 rings (SSSR count). The Morgan fingerprint density at radius 2 is 2.07 bits per heavy atom. The molecule has 1 aromatic heterocycles. The monoisotopic (exact) mass is 200 g/mol. The average Bonchev–Trinajstić information content (AvgIpc) is 2.25. The Bertz CT molecular complexity index is 454. The zero-order chi connectivity index (χ0) is 10.7. The molecule has 0 aliphatic rings. The minimum Gasteiger partial charge on any atom is -0.439 e. The molecule has 76 valence electrons. The fourth-order valence-corrected chi connectivity index (χ4v) is 1.24. The van der Waals surface area contributed by atoms with Crippen molar-refractivity contribution in [2.75, 3.05) is 5.73 Å². The van der Waals surface area contributed by atoms with E-state index < -0.39 is 0 Å². The van der Waals surface area contributed by atoms with E-state index in [-0.39, 0.29) is 0 Å². The lowest BCUT2D eigenvalue weighted by Gasteiger charge is -2.06. The SMILES string of the molecule is Cc1cc(Oc2ccccn2)ccc1N. The summed E-state index contributed by atoms with van der Waals surface area (Å²) in [5.41, 5.74) is 7.48. The van der Waals surface area contributed by atoms with E-state index in [1.165, 1.54) is 0 Å². The third kappa shape index (κ3) is 2.26. The number of rotatable bonds is 2. The van der Waals surface area contributed by atoms with Crippen LogP contribution in [0, 0.1) is 6.92 Å². The van der Waals surface area contributed by atoms with E-state index >= 15 is 0 Å². The lowest BCUT2D eigenvalue weighted by atomic mass is 10.2. The van der Waals surface area contributed by atoms with Gasteiger partial charge >= 0.3 is 0 Å². The highest BCUT2D eigenvalue weighted by Gasteiger charge is 1.99. The lowest BCUT2D eigenvalue weighted by Crippen LogP contribution is -1.91. The van der Waals surface area contributed by atoms with Crippen molar-refractivity contribution in [2.24, 2.45) is 0 Å². The van der Waals surface area contributed by atoms with Crippen LogP contribution in [0.4, 0.5) is 5.69 Å². The molecule has 1 heterocycles. The van der Waals surface area contributed by atoms with Gasteiger partial charge in [-0.05, 0) is 36.8 Å². The summed E-state index contributed by atoms with van der Waals surface area (Å²) in [7, 11) is 0. The van der Waals surface area contributed by atoms with Crippen LogP contribution in [0.3, 0.4) is 0 Å². The number of hydrogen-bond acceptors (Lipinski definition) is 3. The smallest absolute Gasteiger partial charge is 0.219 e. The van der Waals surface area contributed by atoms with Gasteiger partial charge in [-0.15, -0.1) is 0 Å². The van der Waals surface area contributed by atoms with Gasteiger partial charge in [-0.3, -0.25) is 0 Å². The summed E-state index contributed by atoms with van der Waals surface area (Å²) in [6, 6.07) is 11.1. The number of aryl methyl sites for hydroxylation is 1. The Hall–Kier alpha value is -2.03. The van der Waals surface area contributed by atoms with Crippen LogP contribution < -0.4 is 10.5 Å². The minimum atomic E-state index is 0.585. The molecule has 0 unspecified atom stereocenters. The first-order valence-corrected chi connectivity index (χ1v) is 4.71. The third-order valence-corrected chi connectivity index (χ3v) is 2.10. The summed E-state index contributed by atoms with van der Waals surface area (Å²) in [6.07, 6.45) is 1.69. The molecule has 2 N–H and O–H groups in total. The van der Waals surface area contributed by atoms with Crippen molar-refractivity contribution in [3.63, 3.8) is 0 Å². The predicted molar refractivity (Wildman–Crippen MR) is 59.9 cm³/mol. The van der Waals surface area contributed by atoms with Crippen LogP contribution in [0.15, 0.2) is 42.6 Å². The normalized spacial score (nSPS) is 9.93. The quantitative estimate of drug-likeness (QED) is 0.758. The molecule has 0 spiro atoms. The lowest BCUT2D eigenvalue weighted by molar-refractivity contribution is 0.463. The second-order valence-electron chi connectivity index (χ2n) is 3.29. The number of nitrogen functional groups attached to an aromatic ring is 1. The van der Waals surface area contributed by atoms with Crippen molar-refractivity contribution >= 4 is 5.69 Å². The van der Waals surface area contributed by atoms with Crippen molar-refractivity contribution < 1.29 is 4.74 Å². The highest BCUT2D eigenvalue weighted by Crippen LogP contribution is 2.22. The van der Waals surface area contributed by atoms with Crippen LogP contribution in [0.5, 0.6) is 11.6 Å². The maximum Gasteiger partial charge on any atom is 0.219 e. The summed E-state index contributed by atoms with van der Waals surface area (Å²) in [6.45, 7) is 1.95. The number of anilines is 1. The van der Waals surface area contributed by atoms with Crippen molar-refractivity contribution in [1.29, 1.82) is 0 Å². The van der Waals surface area contributed by atoms with Crippen molar-refractivity contribution in [3.05, 3.63) is 48.2 Å². The second-order valence-corrected chi connectivity index (χ2v) is 3.29. The second kappa shape index (κ2) is 4.00. The Labute approximate surface area is 88.5 Å². The van der Waals surface area contributed by atoms with Gasteiger partial charge in [0.05, 0.1) is 0 Å². The maximum atomic E-state index is 5.71. The molecule has 3 heteroatoms. The third-order valence-electron chi connectivity index (χ3n) is 2.10. The van der Waals surface area contributed by atoms with Gasteiger partial charge in [0.2, 0.25) is 5.88 Å². The molecule has 1 aromatic carbocycles. The number of nitrogens with two attached hydrogens (primary N) is 1. The standard InChI is InChI=1S/C12H12N2O/c1-9-8-10(5-6-11(9)13)15-12-4-2-3-7-14-12/h2-8H,13H2,1H3. The fourth-order valence-electron chi connectivity index (χ4n) is 1.24. The first-order chi connectivity index (χ1) is 7.25. The van der Waals surface area contributed by atoms with Gasteiger partial charge in [0, 0.05) is 18.0 Å². The summed E-state index contributed by atoms with van der Waals surface area (Å²) in [4.78, 5) is 4.07. The molecule has 0 radical (unpaired) electrons. The zero-order valence-electron chi connectivity index (χ0n) is 8.47. The van der Waals surface area contributed by atoms with Crippen LogP contribution in [-0.4, -0.2) is 4.98 Å². The first-order valence-electron chi connectivity index (χ1n) is 4.71. The van der Waals surface area contributed by atoms with E-state index in [1.807, 2.05) is 43.3 Å². The number of ether oxygens (including phenoxy) is 1. The molecular formula is C12H12N2O. The van der Waals surface area contributed by atoms with Crippen LogP contribution in [0.2, 0.25) is 0 Å². The Balaban J connectivity index is 2.22. The number of pyridine rings is 1. The van der Waals surface area contributed by atoms with Gasteiger partial charge in [0.1, 0.15) is 5.75 Å². The molecule has 0 atom stereocenters. The van der Waals surface area contributed by atoms with Gasteiger partial charge in [-0.2, -0.15) is 0 Å². The molecule has 0 aliphatic heterocycles.